The Labute approximate surface area is 159 Å². The highest BCUT2D eigenvalue weighted by Gasteiger charge is 2.19. The minimum absolute atomic E-state index is 0.0654. The van der Waals surface area contributed by atoms with Crippen molar-refractivity contribution in [3.63, 3.8) is 0 Å². The molecule has 2 heterocycles. The molecule has 0 radical (unpaired) electrons. The fraction of sp³-hybridized carbons (Fsp3) is 0. The van der Waals surface area contributed by atoms with E-state index in [0.29, 0.717) is 22.1 Å². The highest BCUT2D eigenvalue weighted by Crippen LogP contribution is 2.32. The van der Waals surface area contributed by atoms with Crippen molar-refractivity contribution < 1.29 is 17.2 Å². The molecule has 0 atom stereocenters. The molecule has 4 rings (SSSR count). The average Bonchev–Trinajstić information content (AvgIpc) is 2.68. The second kappa shape index (κ2) is 6.66. The van der Waals surface area contributed by atoms with Gasteiger partial charge in [-0.3, -0.25) is 4.79 Å². The zero-order valence-electron chi connectivity index (χ0n) is 14.3. The van der Waals surface area contributed by atoms with E-state index in [0.717, 1.165) is 6.07 Å². The number of fused-ring (bicyclic) bond motifs is 1. The van der Waals surface area contributed by atoms with Gasteiger partial charge in [0.05, 0.1) is 15.8 Å². The number of nitrogens with two attached hydrogens (primary N) is 1. The number of halogens is 1. The predicted molar refractivity (Wildman–Crippen MR) is 102 cm³/mol. The van der Waals surface area contributed by atoms with E-state index in [1.165, 1.54) is 36.5 Å². The van der Waals surface area contributed by atoms with Crippen molar-refractivity contribution in [1.82, 2.24) is 4.98 Å². The second-order valence-corrected chi connectivity index (χ2v) is 7.63. The summed E-state index contributed by atoms with van der Waals surface area (Å²) >= 11 is 0. The molecule has 0 bridgehead atoms. The Morgan fingerprint density at radius 1 is 0.929 bits per heavy atom. The van der Waals surface area contributed by atoms with E-state index in [9.17, 15) is 17.6 Å². The zero-order valence-corrected chi connectivity index (χ0v) is 15.1. The molecule has 0 unspecified atom stereocenters. The van der Waals surface area contributed by atoms with Crippen LogP contribution in [0.2, 0.25) is 0 Å². The molecule has 0 aliphatic heterocycles. The topological polar surface area (TPSA) is 103 Å². The van der Waals surface area contributed by atoms with Gasteiger partial charge in [-0.15, -0.1) is 0 Å². The molecule has 8 heteroatoms. The molecule has 2 aromatic carbocycles. The normalized spacial score (nSPS) is 11.6. The quantitative estimate of drug-likeness (QED) is 0.535. The average molecular weight is 396 g/mol. The van der Waals surface area contributed by atoms with Gasteiger partial charge in [0.15, 0.2) is 0 Å². The number of rotatable bonds is 3. The molecule has 0 saturated heterocycles. The Kier molecular flexibility index (Phi) is 4.29. The van der Waals surface area contributed by atoms with Crippen LogP contribution in [0.1, 0.15) is 0 Å². The summed E-state index contributed by atoms with van der Waals surface area (Å²) in [7, 11) is -3.86. The van der Waals surface area contributed by atoms with Gasteiger partial charge in [-0.05, 0) is 48.5 Å². The molecule has 6 nitrogen and oxygen atoms in total. The number of sulfonamides is 1. The van der Waals surface area contributed by atoms with Gasteiger partial charge < -0.3 is 4.42 Å². The van der Waals surface area contributed by atoms with Crippen LogP contribution in [0.4, 0.5) is 4.39 Å². The van der Waals surface area contributed by atoms with E-state index in [1.54, 1.807) is 24.3 Å². The minimum atomic E-state index is -3.86. The van der Waals surface area contributed by atoms with Crippen molar-refractivity contribution in [2.45, 2.75) is 4.90 Å². The van der Waals surface area contributed by atoms with E-state index in [4.69, 9.17) is 9.56 Å². The molecule has 140 valence electrons. The van der Waals surface area contributed by atoms with E-state index in [1.807, 2.05) is 0 Å². The van der Waals surface area contributed by atoms with Crippen LogP contribution in [0.15, 0.2) is 81.0 Å². The first-order valence-corrected chi connectivity index (χ1v) is 9.70. The van der Waals surface area contributed by atoms with Crippen molar-refractivity contribution in [2.75, 3.05) is 0 Å². The third kappa shape index (κ3) is 3.19. The van der Waals surface area contributed by atoms with E-state index < -0.39 is 16.0 Å². The molecule has 2 aromatic heterocycles. The lowest BCUT2D eigenvalue weighted by atomic mass is 9.99. The van der Waals surface area contributed by atoms with Crippen molar-refractivity contribution in [3.8, 4) is 22.5 Å². The highest BCUT2D eigenvalue weighted by molar-refractivity contribution is 7.89. The maximum Gasteiger partial charge on any atom is 0.238 e. The van der Waals surface area contributed by atoms with E-state index in [2.05, 4.69) is 4.98 Å². The number of pyridine rings is 1. The monoisotopic (exact) mass is 396 g/mol. The SMILES string of the molecule is NS(=O)(=O)c1ccc(-c2oc3ccccc3c(=O)c2-c2ccc(F)nc2)cc1. The van der Waals surface area contributed by atoms with Crippen LogP contribution >= 0.6 is 0 Å². The fourth-order valence-corrected chi connectivity index (χ4v) is 3.44. The van der Waals surface area contributed by atoms with Gasteiger partial charge in [-0.25, -0.2) is 18.5 Å². The number of hydrogen-bond donors (Lipinski definition) is 1. The number of para-hydroxylation sites is 1. The Morgan fingerprint density at radius 2 is 1.61 bits per heavy atom. The van der Waals surface area contributed by atoms with Crippen LogP contribution in [0.3, 0.4) is 0 Å². The Morgan fingerprint density at radius 3 is 2.25 bits per heavy atom. The summed E-state index contributed by atoms with van der Waals surface area (Å²) < 4.78 is 42.2. The van der Waals surface area contributed by atoms with Gasteiger partial charge in [0.1, 0.15) is 11.3 Å². The van der Waals surface area contributed by atoms with Gasteiger partial charge in [0.25, 0.3) is 0 Å². The van der Waals surface area contributed by atoms with Crippen LogP contribution < -0.4 is 10.6 Å². The van der Waals surface area contributed by atoms with Crippen LogP contribution in [-0.2, 0) is 10.0 Å². The maximum atomic E-state index is 13.3. The molecular weight excluding hydrogens is 383 g/mol. The molecule has 0 amide bonds. The molecule has 4 aromatic rings. The van der Waals surface area contributed by atoms with Gasteiger partial charge in [-0.1, -0.05) is 12.1 Å². The Bertz CT molecular complexity index is 1350. The lowest BCUT2D eigenvalue weighted by Crippen LogP contribution is -2.12. The van der Waals surface area contributed by atoms with Gasteiger partial charge in [-0.2, -0.15) is 4.39 Å². The number of benzene rings is 2. The first kappa shape index (κ1) is 18.0. The lowest BCUT2D eigenvalue weighted by molar-refractivity contribution is 0.584. The van der Waals surface area contributed by atoms with Crippen molar-refractivity contribution in [3.05, 3.63) is 83.0 Å². The summed E-state index contributed by atoms with van der Waals surface area (Å²) in [6.45, 7) is 0. The molecule has 0 aliphatic rings. The van der Waals surface area contributed by atoms with Gasteiger partial charge >= 0.3 is 0 Å². The highest BCUT2D eigenvalue weighted by atomic mass is 32.2. The van der Waals surface area contributed by atoms with Crippen LogP contribution in [-0.4, -0.2) is 13.4 Å². The third-order valence-electron chi connectivity index (χ3n) is 4.26. The Hall–Kier alpha value is -3.36. The van der Waals surface area contributed by atoms with Gasteiger partial charge in [0, 0.05) is 17.3 Å². The molecule has 0 fully saturated rings. The summed E-state index contributed by atoms with van der Waals surface area (Å²) in [5.41, 5.74) is 1.12. The molecule has 2 N–H and O–H groups in total. The first-order valence-electron chi connectivity index (χ1n) is 8.15. The van der Waals surface area contributed by atoms with Gasteiger partial charge in [0.2, 0.25) is 21.4 Å². The molecule has 0 spiro atoms. The summed E-state index contributed by atoms with van der Waals surface area (Å²) in [5.74, 6) is -0.453. The number of primary sulfonamides is 1. The Balaban J connectivity index is 2.03. The predicted octanol–water partition coefficient (Wildman–Crippen LogP) is 3.31. The number of aromatic nitrogens is 1. The van der Waals surface area contributed by atoms with Crippen molar-refractivity contribution in [1.29, 1.82) is 0 Å². The molecule has 0 saturated carbocycles. The van der Waals surface area contributed by atoms with Crippen LogP contribution in [0, 0.1) is 5.95 Å². The largest absolute Gasteiger partial charge is 0.455 e. The summed E-state index contributed by atoms with van der Waals surface area (Å²) in [5, 5.41) is 5.50. The van der Waals surface area contributed by atoms with E-state index in [-0.39, 0.29) is 21.6 Å². The standard InChI is InChI=1S/C20H13FN2O4S/c21-17-10-7-13(11-23-17)18-19(24)15-3-1-2-4-16(15)27-20(18)12-5-8-14(9-6-12)28(22,25)26/h1-11H,(H2,22,25,26). The number of nitrogens with zero attached hydrogens (tertiary/aromatic N) is 1. The number of hydrogen-bond acceptors (Lipinski definition) is 5. The van der Waals surface area contributed by atoms with E-state index >= 15 is 0 Å². The van der Waals surface area contributed by atoms with Crippen LogP contribution in [0.25, 0.3) is 33.4 Å². The van der Waals surface area contributed by atoms with Crippen LogP contribution in [0.5, 0.6) is 0 Å². The summed E-state index contributed by atoms with van der Waals surface area (Å²) in [4.78, 5) is 16.7. The van der Waals surface area contributed by atoms with Crippen molar-refractivity contribution >= 4 is 21.0 Å². The summed E-state index contributed by atoms with van der Waals surface area (Å²) in [6.07, 6.45) is 1.25. The zero-order chi connectivity index (χ0) is 19.9. The molecule has 28 heavy (non-hydrogen) atoms. The first-order chi connectivity index (χ1) is 13.3. The van der Waals surface area contributed by atoms with Crippen molar-refractivity contribution in [2.24, 2.45) is 5.14 Å². The maximum absolute atomic E-state index is 13.3. The fourth-order valence-electron chi connectivity index (χ4n) is 2.93. The molecule has 0 aliphatic carbocycles. The third-order valence-corrected chi connectivity index (χ3v) is 5.19. The lowest BCUT2D eigenvalue weighted by Gasteiger charge is -2.11. The smallest absolute Gasteiger partial charge is 0.238 e. The summed E-state index contributed by atoms with van der Waals surface area (Å²) in [6, 6.07) is 15.0. The molecular formula is C20H13FN2O4S. The minimum Gasteiger partial charge on any atom is -0.455 e. The second-order valence-electron chi connectivity index (χ2n) is 6.07.